The van der Waals surface area contributed by atoms with Crippen LogP contribution in [0.4, 0.5) is 14.9 Å². The van der Waals surface area contributed by atoms with Crippen LogP contribution in [0.2, 0.25) is 0 Å². The van der Waals surface area contributed by atoms with Gasteiger partial charge in [0.05, 0.1) is 12.8 Å². The van der Waals surface area contributed by atoms with Crippen LogP contribution in [-0.4, -0.2) is 25.1 Å². The van der Waals surface area contributed by atoms with Gasteiger partial charge in [-0.15, -0.1) is 0 Å². The number of rotatable bonds is 4. The van der Waals surface area contributed by atoms with E-state index >= 15 is 0 Å². The van der Waals surface area contributed by atoms with Crippen LogP contribution in [0.1, 0.15) is 5.56 Å². The fourth-order valence-electron chi connectivity index (χ4n) is 2.50. The smallest absolute Gasteiger partial charge is 0.329 e. The number of imide groups is 1. The second-order valence-electron chi connectivity index (χ2n) is 5.20. The van der Waals surface area contributed by atoms with Crippen molar-refractivity contribution in [1.29, 1.82) is 0 Å². The molecule has 1 heterocycles. The van der Waals surface area contributed by atoms with Crippen molar-refractivity contribution in [3.05, 3.63) is 59.9 Å². The van der Waals surface area contributed by atoms with Gasteiger partial charge in [-0.3, -0.25) is 4.79 Å². The second-order valence-corrected chi connectivity index (χ2v) is 5.20. The van der Waals surface area contributed by atoms with Crippen LogP contribution in [0.5, 0.6) is 5.75 Å². The van der Waals surface area contributed by atoms with Crippen LogP contribution in [0.3, 0.4) is 0 Å². The number of benzene rings is 2. The summed E-state index contributed by atoms with van der Waals surface area (Å²) in [5.41, 5.74) is 1.26. The third-order valence-corrected chi connectivity index (χ3v) is 3.70. The third kappa shape index (κ3) is 3.01. The van der Waals surface area contributed by atoms with Crippen LogP contribution in [-0.2, 0) is 11.2 Å². The molecule has 3 rings (SSSR count). The van der Waals surface area contributed by atoms with Crippen molar-refractivity contribution in [2.45, 2.75) is 12.5 Å². The lowest BCUT2D eigenvalue weighted by Crippen LogP contribution is -2.32. The zero-order valence-corrected chi connectivity index (χ0v) is 12.5. The number of nitrogens with zero attached hydrogens (tertiary/aromatic N) is 1. The van der Waals surface area contributed by atoms with E-state index in [2.05, 4.69) is 5.32 Å². The number of ether oxygens (including phenoxy) is 1. The summed E-state index contributed by atoms with van der Waals surface area (Å²) >= 11 is 0. The van der Waals surface area contributed by atoms with E-state index in [-0.39, 0.29) is 11.7 Å². The first-order valence-electron chi connectivity index (χ1n) is 7.11. The standard InChI is InChI=1S/C17H15FN2O3/c1-23-14-8-6-13(7-9-14)20-16(21)15(19-17(20)22)10-11-2-4-12(18)5-3-11/h2-9,15H,10H2,1H3,(H,19,22). The zero-order chi connectivity index (χ0) is 16.4. The number of urea groups is 1. The minimum absolute atomic E-state index is 0.317. The molecule has 1 unspecified atom stereocenters. The maximum atomic E-state index is 12.9. The van der Waals surface area contributed by atoms with Crippen LogP contribution in [0.25, 0.3) is 0 Å². The van der Waals surface area contributed by atoms with Crippen molar-refractivity contribution in [2.75, 3.05) is 12.0 Å². The van der Waals surface area contributed by atoms with Crippen LogP contribution < -0.4 is 15.0 Å². The average Bonchev–Trinajstić information content (AvgIpc) is 2.84. The number of methoxy groups -OCH3 is 1. The number of carbonyl (C=O) groups is 2. The Hall–Kier alpha value is -2.89. The Kier molecular flexibility index (Phi) is 3.97. The number of halogens is 1. The predicted octanol–water partition coefficient (Wildman–Crippen LogP) is 2.50. The number of amides is 3. The van der Waals surface area contributed by atoms with Gasteiger partial charge in [-0.1, -0.05) is 12.1 Å². The fourth-order valence-corrected chi connectivity index (χ4v) is 2.50. The molecule has 1 atom stereocenters. The van der Waals surface area contributed by atoms with Gasteiger partial charge in [0.1, 0.15) is 17.6 Å². The molecule has 0 aromatic heterocycles. The molecule has 118 valence electrons. The SMILES string of the molecule is COc1ccc(N2C(=O)NC(Cc3ccc(F)cc3)C2=O)cc1. The van der Waals surface area contributed by atoms with Crippen molar-refractivity contribution >= 4 is 17.6 Å². The lowest BCUT2D eigenvalue weighted by molar-refractivity contribution is -0.118. The summed E-state index contributed by atoms with van der Waals surface area (Å²) in [6.45, 7) is 0. The molecule has 1 N–H and O–H groups in total. The molecule has 1 saturated heterocycles. The molecule has 2 aromatic carbocycles. The first kappa shape index (κ1) is 15.0. The van der Waals surface area contributed by atoms with Gasteiger partial charge in [-0.25, -0.2) is 14.1 Å². The van der Waals surface area contributed by atoms with Gasteiger partial charge in [-0.2, -0.15) is 0 Å². The van der Waals surface area contributed by atoms with E-state index in [1.807, 2.05) is 0 Å². The van der Waals surface area contributed by atoms with Gasteiger partial charge in [-0.05, 0) is 42.0 Å². The molecule has 0 bridgehead atoms. The molecule has 3 amide bonds. The predicted molar refractivity (Wildman–Crippen MR) is 82.9 cm³/mol. The molecule has 6 heteroatoms. The lowest BCUT2D eigenvalue weighted by Gasteiger charge is -2.13. The minimum atomic E-state index is -0.657. The molecule has 0 spiro atoms. The summed E-state index contributed by atoms with van der Waals surface area (Å²) in [7, 11) is 1.54. The molecule has 5 nitrogen and oxygen atoms in total. The van der Waals surface area contributed by atoms with E-state index in [1.54, 1.807) is 43.5 Å². The summed E-state index contributed by atoms with van der Waals surface area (Å²) in [5.74, 6) is -0.0245. The van der Waals surface area contributed by atoms with E-state index in [1.165, 1.54) is 12.1 Å². The summed E-state index contributed by atoms with van der Waals surface area (Å²) in [5, 5.41) is 2.66. The third-order valence-electron chi connectivity index (χ3n) is 3.70. The highest BCUT2D eigenvalue weighted by molar-refractivity contribution is 6.21. The summed E-state index contributed by atoms with van der Waals surface area (Å²) < 4.78 is 18.0. The summed E-state index contributed by atoms with van der Waals surface area (Å²) in [4.78, 5) is 25.7. The maximum Gasteiger partial charge on any atom is 0.329 e. The largest absolute Gasteiger partial charge is 0.497 e. The summed E-state index contributed by atoms with van der Waals surface area (Å²) in [6, 6.07) is 11.4. The Morgan fingerprint density at radius 2 is 1.74 bits per heavy atom. The van der Waals surface area contributed by atoms with Crippen LogP contribution in [0, 0.1) is 5.82 Å². The highest BCUT2D eigenvalue weighted by Crippen LogP contribution is 2.23. The molecule has 0 aliphatic carbocycles. The molecule has 2 aromatic rings. The molecule has 0 radical (unpaired) electrons. The van der Waals surface area contributed by atoms with Crippen LogP contribution in [0.15, 0.2) is 48.5 Å². The molecule has 0 saturated carbocycles. The normalized spacial score (nSPS) is 17.3. The van der Waals surface area contributed by atoms with Gasteiger partial charge in [0.15, 0.2) is 0 Å². The van der Waals surface area contributed by atoms with E-state index in [9.17, 15) is 14.0 Å². The van der Waals surface area contributed by atoms with Gasteiger partial charge in [0.25, 0.3) is 5.91 Å². The average molecular weight is 314 g/mol. The van der Waals surface area contributed by atoms with E-state index in [0.717, 1.165) is 10.5 Å². The number of carbonyl (C=O) groups excluding carboxylic acids is 2. The minimum Gasteiger partial charge on any atom is -0.497 e. The second kappa shape index (κ2) is 6.08. The van der Waals surface area contributed by atoms with Gasteiger partial charge in [0.2, 0.25) is 0 Å². The first-order valence-corrected chi connectivity index (χ1v) is 7.11. The van der Waals surface area contributed by atoms with E-state index in [0.29, 0.717) is 17.9 Å². The van der Waals surface area contributed by atoms with E-state index in [4.69, 9.17) is 4.74 Å². The molecule has 1 aliphatic heterocycles. The quantitative estimate of drug-likeness (QED) is 0.882. The van der Waals surface area contributed by atoms with Crippen LogP contribution >= 0.6 is 0 Å². The Morgan fingerprint density at radius 3 is 2.35 bits per heavy atom. The molecular weight excluding hydrogens is 299 g/mol. The number of anilines is 1. The molecule has 1 fully saturated rings. The maximum absolute atomic E-state index is 12.9. The lowest BCUT2D eigenvalue weighted by atomic mass is 10.1. The highest BCUT2D eigenvalue weighted by atomic mass is 19.1. The summed E-state index contributed by atoms with van der Waals surface area (Å²) in [6.07, 6.45) is 0.317. The topological polar surface area (TPSA) is 58.6 Å². The van der Waals surface area contributed by atoms with Crippen molar-refractivity contribution in [3.8, 4) is 5.75 Å². The van der Waals surface area contributed by atoms with Gasteiger partial charge >= 0.3 is 6.03 Å². The fraction of sp³-hybridized carbons (Fsp3) is 0.176. The van der Waals surface area contributed by atoms with E-state index < -0.39 is 12.1 Å². The number of hydrogen-bond acceptors (Lipinski definition) is 3. The van der Waals surface area contributed by atoms with Gasteiger partial charge in [0, 0.05) is 6.42 Å². The highest BCUT2D eigenvalue weighted by Gasteiger charge is 2.38. The van der Waals surface area contributed by atoms with Gasteiger partial charge < -0.3 is 10.1 Å². The Morgan fingerprint density at radius 1 is 1.09 bits per heavy atom. The zero-order valence-electron chi connectivity index (χ0n) is 12.5. The van der Waals surface area contributed by atoms with Crippen molar-refractivity contribution < 1.29 is 18.7 Å². The molecular formula is C17H15FN2O3. The number of hydrogen-bond donors (Lipinski definition) is 1. The molecule has 1 aliphatic rings. The monoisotopic (exact) mass is 314 g/mol. The van der Waals surface area contributed by atoms with Crippen molar-refractivity contribution in [1.82, 2.24) is 5.32 Å². The van der Waals surface area contributed by atoms with Crippen molar-refractivity contribution in [3.63, 3.8) is 0 Å². The number of nitrogens with one attached hydrogen (secondary N) is 1. The first-order chi connectivity index (χ1) is 11.1. The molecule has 23 heavy (non-hydrogen) atoms. The van der Waals surface area contributed by atoms with Crippen molar-refractivity contribution in [2.24, 2.45) is 0 Å². The Labute approximate surface area is 132 Å². The Balaban J connectivity index is 1.77. The Bertz CT molecular complexity index is 729.